The second kappa shape index (κ2) is 11.3. The van der Waals surface area contributed by atoms with Crippen molar-refractivity contribution in [2.75, 3.05) is 6.54 Å². The number of hydrogen-bond donors (Lipinski definition) is 1. The van der Waals surface area contributed by atoms with Crippen LogP contribution in [0.5, 0.6) is 5.75 Å². The first-order chi connectivity index (χ1) is 19.1. The van der Waals surface area contributed by atoms with Crippen LogP contribution in [0.25, 0.3) is 10.9 Å². The van der Waals surface area contributed by atoms with E-state index in [2.05, 4.69) is 9.50 Å². The lowest BCUT2D eigenvalue weighted by Gasteiger charge is -2.24. The number of carbonyl (C=O) groups is 3. The van der Waals surface area contributed by atoms with Crippen molar-refractivity contribution < 1.29 is 48.9 Å². The molecule has 9 nitrogen and oxygen atoms in total. The number of hydrogen-bond acceptors (Lipinski definition) is 6. The molecule has 16 heteroatoms. The molecule has 0 radical (unpaired) electrons. The van der Waals surface area contributed by atoms with Crippen LogP contribution < -0.4 is 9.50 Å². The SMILES string of the molecule is CC(=O)c1cn(CC(=O)N2C[C@H](F)C[C@H]2C(=O)NCc2cccc(Cl)c2F)c2ccc(OS(=O)(=O)C(F)(F)F)cc12. The van der Waals surface area contributed by atoms with Gasteiger partial charge in [-0.05, 0) is 31.2 Å². The van der Waals surface area contributed by atoms with E-state index in [-0.39, 0.29) is 40.0 Å². The number of amides is 2. The number of fused-ring (bicyclic) bond motifs is 1. The van der Waals surface area contributed by atoms with Gasteiger partial charge in [-0.3, -0.25) is 14.4 Å². The minimum Gasteiger partial charge on any atom is -0.376 e. The van der Waals surface area contributed by atoms with Crippen molar-refractivity contribution in [2.45, 2.75) is 44.2 Å². The smallest absolute Gasteiger partial charge is 0.376 e. The first kappa shape index (κ1) is 30.2. The number of benzene rings is 2. The Hall–Kier alpha value is -3.72. The summed E-state index contributed by atoms with van der Waals surface area (Å²) in [5.74, 6) is -3.44. The van der Waals surface area contributed by atoms with Crippen molar-refractivity contribution in [1.29, 1.82) is 0 Å². The quantitative estimate of drug-likeness (QED) is 0.175. The van der Waals surface area contributed by atoms with Gasteiger partial charge < -0.3 is 19.0 Å². The highest BCUT2D eigenvalue weighted by atomic mass is 35.5. The molecule has 41 heavy (non-hydrogen) atoms. The Kier molecular flexibility index (Phi) is 8.32. The van der Waals surface area contributed by atoms with E-state index >= 15 is 0 Å². The van der Waals surface area contributed by atoms with Crippen molar-refractivity contribution in [3.63, 3.8) is 0 Å². The molecule has 2 heterocycles. The number of halogens is 6. The number of Topliss-reactive ketones (excluding diaryl/α,β-unsaturated/α-hetero) is 1. The Balaban J connectivity index is 1.55. The fourth-order valence-electron chi connectivity index (χ4n) is 4.44. The molecule has 1 aliphatic rings. The zero-order chi connectivity index (χ0) is 30.3. The highest BCUT2D eigenvalue weighted by Crippen LogP contribution is 2.31. The minimum absolute atomic E-state index is 0.00260. The van der Waals surface area contributed by atoms with Crippen LogP contribution in [0, 0.1) is 5.82 Å². The lowest BCUT2D eigenvalue weighted by atomic mass is 10.1. The van der Waals surface area contributed by atoms with Gasteiger partial charge in [0.05, 0.1) is 11.6 Å². The van der Waals surface area contributed by atoms with Gasteiger partial charge in [0.1, 0.15) is 30.3 Å². The van der Waals surface area contributed by atoms with E-state index in [1.807, 2.05) is 0 Å². The summed E-state index contributed by atoms with van der Waals surface area (Å²) in [5.41, 5.74) is -5.49. The molecule has 0 bridgehead atoms. The lowest BCUT2D eigenvalue weighted by molar-refractivity contribution is -0.139. The molecule has 0 saturated carbocycles. The van der Waals surface area contributed by atoms with Crippen LogP contribution in [0.1, 0.15) is 29.3 Å². The maximum Gasteiger partial charge on any atom is 0.534 e. The number of aromatic nitrogens is 1. The summed E-state index contributed by atoms with van der Waals surface area (Å²) in [6.07, 6.45) is -0.607. The molecule has 0 aliphatic carbocycles. The molecule has 1 N–H and O–H groups in total. The number of alkyl halides is 4. The van der Waals surface area contributed by atoms with E-state index in [1.54, 1.807) is 0 Å². The number of nitrogens with one attached hydrogen (secondary N) is 1. The summed E-state index contributed by atoms with van der Waals surface area (Å²) in [6, 6.07) is 5.97. The zero-order valence-electron chi connectivity index (χ0n) is 21.0. The summed E-state index contributed by atoms with van der Waals surface area (Å²) >= 11 is 5.74. The van der Waals surface area contributed by atoms with Gasteiger partial charge in [-0.2, -0.15) is 21.6 Å². The molecule has 1 aromatic heterocycles. The molecule has 1 saturated heterocycles. The van der Waals surface area contributed by atoms with Gasteiger partial charge >= 0.3 is 15.6 Å². The van der Waals surface area contributed by atoms with Crippen molar-refractivity contribution in [1.82, 2.24) is 14.8 Å². The Morgan fingerprint density at radius 3 is 2.54 bits per heavy atom. The number of carbonyl (C=O) groups excluding carboxylic acids is 3. The fourth-order valence-corrected chi connectivity index (χ4v) is 5.09. The monoisotopic (exact) mass is 621 g/mol. The van der Waals surface area contributed by atoms with E-state index in [9.17, 15) is 44.8 Å². The molecule has 1 fully saturated rings. The topological polar surface area (TPSA) is 115 Å². The second-order valence-corrected chi connectivity index (χ2v) is 11.2. The third kappa shape index (κ3) is 6.30. The highest BCUT2D eigenvalue weighted by molar-refractivity contribution is 7.88. The van der Waals surface area contributed by atoms with Crippen LogP contribution in [0.2, 0.25) is 5.02 Å². The van der Waals surface area contributed by atoms with E-state index in [1.165, 1.54) is 29.0 Å². The van der Waals surface area contributed by atoms with Crippen LogP contribution in [0.4, 0.5) is 22.0 Å². The lowest BCUT2D eigenvalue weighted by Crippen LogP contribution is -2.46. The van der Waals surface area contributed by atoms with E-state index in [0.717, 1.165) is 30.0 Å². The maximum atomic E-state index is 14.3. The number of likely N-dealkylation sites (tertiary alicyclic amines) is 1. The average Bonchev–Trinajstić information content (AvgIpc) is 3.44. The van der Waals surface area contributed by atoms with Crippen molar-refractivity contribution in [3.05, 3.63) is 64.6 Å². The number of nitrogens with zero attached hydrogens (tertiary/aromatic N) is 2. The number of ketones is 1. The fraction of sp³-hybridized carbons (Fsp3) is 0.320. The van der Waals surface area contributed by atoms with Gasteiger partial charge in [-0.1, -0.05) is 23.7 Å². The molecular weight excluding hydrogens is 601 g/mol. The Morgan fingerprint density at radius 1 is 1.17 bits per heavy atom. The molecule has 2 amide bonds. The van der Waals surface area contributed by atoms with Crippen LogP contribution in [0.3, 0.4) is 0 Å². The van der Waals surface area contributed by atoms with Gasteiger partial charge in [-0.15, -0.1) is 0 Å². The predicted octanol–water partition coefficient (Wildman–Crippen LogP) is 4.12. The first-order valence-electron chi connectivity index (χ1n) is 11.9. The normalized spacial score (nSPS) is 17.6. The molecule has 0 unspecified atom stereocenters. The summed E-state index contributed by atoms with van der Waals surface area (Å²) in [6.45, 7) is -0.0175. The highest BCUT2D eigenvalue weighted by Gasteiger charge is 2.48. The maximum absolute atomic E-state index is 14.3. The van der Waals surface area contributed by atoms with Gasteiger partial charge in [0.2, 0.25) is 11.8 Å². The van der Waals surface area contributed by atoms with Crippen molar-refractivity contribution in [2.24, 2.45) is 0 Å². The zero-order valence-corrected chi connectivity index (χ0v) is 22.6. The van der Waals surface area contributed by atoms with Gasteiger partial charge in [0, 0.05) is 41.2 Å². The number of rotatable bonds is 8. The Morgan fingerprint density at radius 2 is 1.88 bits per heavy atom. The molecule has 1 aliphatic heterocycles. The largest absolute Gasteiger partial charge is 0.534 e. The molecule has 220 valence electrons. The van der Waals surface area contributed by atoms with Crippen molar-refractivity contribution in [3.8, 4) is 5.75 Å². The van der Waals surface area contributed by atoms with Crippen LogP contribution in [-0.4, -0.2) is 59.7 Å². The van der Waals surface area contributed by atoms with E-state index in [0.29, 0.717) is 0 Å². The molecule has 2 aromatic carbocycles. The first-order valence-corrected chi connectivity index (χ1v) is 13.7. The van der Waals surface area contributed by atoms with Crippen LogP contribution in [0.15, 0.2) is 42.6 Å². The second-order valence-electron chi connectivity index (χ2n) is 9.21. The molecule has 4 rings (SSSR count). The van der Waals surface area contributed by atoms with Crippen LogP contribution >= 0.6 is 11.6 Å². The summed E-state index contributed by atoms with van der Waals surface area (Å²) in [5, 5.41) is 2.32. The van der Waals surface area contributed by atoms with E-state index < -0.39 is 70.1 Å². The van der Waals surface area contributed by atoms with Gasteiger partial charge in [0.15, 0.2) is 5.78 Å². The minimum atomic E-state index is -5.98. The molecule has 0 spiro atoms. The summed E-state index contributed by atoms with van der Waals surface area (Å²) in [7, 11) is -5.98. The Labute approximate surface area is 234 Å². The van der Waals surface area contributed by atoms with Gasteiger partial charge in [-0.25, -0.2) is 8.78 Å². The van der Waals surface area contributed by atoms with E-state index in [4.69, 9.17) is 11.6 Å². The Bertz CT molecular complexity index is 1640. The summed E-state index contributed by atoms with van der Waals surface area (Å²) < 4.78 is 94.9. The average molecular weight is 622 g/mol. The molecule has 2 atom stereocenters. The standard InChI is InChI=1S/C25H21ClF5N3O6S/c1-13(35)18-11-33(20-6-5-16(8-17(18)20)40-41(38,39)25(29,30)31)12-22(36)34-10-15(27)7-21(34)24(37)32-9-14-3-2-4-19(26)23(14)28/h2-6,8,11,15,21H,7,9-10,12H2,1H3,(H,32,37)/t15-,21+/m1/s1. The third-order valence-electron chi connectivity index (χ3n) is 6.38. The third-order valence-corrected chi connectivity index (χ3v) is 7.66. The predicted molar refractivity (Wildman–Crippen MR) is 136 cm³/mol. The molecular formula is C25H21ClF5N3O6S. The summed E-state index contributed by atoms with van der Waals surface area (Å²) in [4.78, 5) is 39.2. The van der Waals surface area contributed by atoms with Gasteiger partial charge in [0.25, 0.3) is 0 Å². The van der Waals surface area contributed by atoms with Crippen LogP contribution in [-0.2, 0) is 32.8 Å². The van der Waals surface area contributed by atoms with Crippen molar-refractivity contribution >= 4 is 50.2 Å². The molecule has 3 aromatic rings.